The molecular weight excluding hydrogens is 342 g/mol. The Labute approximate surface area is 157 Å². The highest BCUT2D eigenvalue weighted by Crippen LogP contribution is 2.22. The largest absolute Gasteiger partial charge is 0.365 e. The number of amides is 1. The monoisotopic (exact) mass is 367 g/mol. The van der Waals surface area contributed by atoms with E-state index in [-0.39, 0.29) is 0 Å². The van der Waals surface area contributed by atoms with Gasteiger partial charge >= 0.3 is 0 Å². The molecule has 4 heterocycles. The third-order valence-electron chi connectivity index (χ3n) is 5.18. The zero-order valence-electron chi connectivity index (χ0n) is 15.7. The third kappa shape index (κ3) is 3.44. The Balaban J connectivity index is 1.35. The SMILES string of the molecule is CC(C)n1ncc2cc(CNC[C@H]3CCc4c(C(N)=O)cnn4C3)cnc21. The van der Waals surface area contributed by atoms with E-state index in [0.717, 1.165) is 54.8 Å². The van der Waals surface area contributed by atoms with Crippen molar-refractivity contribution in [1.82, 2.24) is 29.9 Å². The minimum absolute atomic E-state index is 0.299. The molecule has 0 saturated carbocycles. The van der Waals surface area contributed by atoms with E-state index in [1.54, 1.807) is 6.20 Å². The number of nitrogens with one attached hydrogen (secondary N) is 1. The van der Waals surface area contributed by atoms with Crippen molar-refractivity contribution >= 4 is 16.9 Å². The van der Waals surface area contributed by atoms with E-state index >= 15 is 0 Å². The minimum atomic E-state index is -0.392. The molecule has 142 valence electrons. The molecule has 1 atom stereocenters. The lowest BCUT2D eigenvalue weighted by Gasteiger charge is -2.24. The first-order chi connectivity index (χ1) is 13.0. The maximum atomic E-state index is 11.4. The highest BCUT2D eigenvalue weighted by molar-refractivity contribution is 5.93. The van der Waals surface area contributed by atoms with Gasteiger partial charge in [0.2, 0.25) is 0 Å². The maximum Gasteiger partial charge on any atom is 0.252 e. The molecule has 0 bridgehead atoms. The Morgan fingerprint density at radius 2 is 2.19 bits per heavy atom. The number of rotatable bonds is 6. The van der Waals surface area contributed by atoms with Gasteiger partial charge in [-0.15, -0.1) is 0 Å². The predicted octanol–water partition coefficient (Wildman–Crippen LogP) is 1.66. The molecule has 8 nitrogen and oxygen atoms in total. The number of hydrogen-bond donors (Lipinski definition) is 2. The fourth-order valence-electron chi connectivity index (χ4n) is 3.76. The number of nitrogens with zero attached hydrogens (tertiary/aromatic N) is 5. The number of fused-ring (bicyclic) bond motifs is 2. The van der Waals surface area contributed by atoms with Crippen LogP contribution < -0.4 is 11.1 Å². The first-order valence-corrected chi connectivity index (χ1v) is 9.40. The molecular formula is C19H25N7O. The zero-order chi connectivity index (χ0) is 19.0. The summed E-state index contributed by atoms with van der Waals surface area (Å²) in [5.74, 6) is 0.0926. The number of carbonyl (C=O) groups excluding carboxylic acids is 1. The molecule has 0 fully saturated rings. The number of hydrogen-bond acceptors (Lipinski definition) is 5. The summed E-state index contributed by atoms with van der Waals surface area (Å²) in [5.41, 5.74) is 9.01. The number of carbonyl (C=O) groups is 1. The molecule has 0 saturated heterocycles. The summed E-state index contributed by atoms with van der Waals surface area (Å²) in [7, 11) is 0. The Morgan fingerprint density at radius 3 is 2.96 bits per heavy atom. The molecule has 3 aromatic rings. The van der Waals surface area contributed by atoms with Crippen LogP contribution in [0.5, 0.6) is 0 Å². The van der Waals surface area contributed by atoms with Gasteiger partial charge in [0.15, 0.2) is 5.65 Å². The van der Waals surface area contributed by atoms with E-state index in [0.29, 0.717) is 17.5 Å². The second kappa shape index (κ2) is 7.11. The van der Waals surface area contributed by atoms with Gasteiger partial charge in [0.05, 0.1) is 23.7 Å². The van der Waals surface area contributed by atoms with Crippen molar-refractivity contribution < 1.29 is 4.79 Å². The van der Waals surface area contributed by atoms with Crippen LogP contribution in [0.2, 0.25) is 0 Å². The lowest BCUT2D eigenvalue weighted by Crippen LogP contribution is -2.31. The lowest BCUT2D eigenvalue weighted by molar-refractivity contribution is 0.0998. The number of aromatic nitrogens is 5. The van der Waals surface area contributed by atoms with Crippen molar-refractivity contribution in [3.05, 3.63) is 41.5 Å². The van der Waals surface area contributed by atoms with E-state index in [9.17, 15) is 4.79 Å². The van der Waals surface area contributed by atoms with Crippen molar-refractivity contribution in [1.29, 1.82) is 0 Å². The summed E-state index contributed by atoms with van der Waals surface area (Å²) in [4.78, 5) is 16.0. The van der Waals surface area contributed by atoms with Gasteiger partial charge in [0.25, 0.3) is 5.91 Å². The van der Waals surface area contributed by atoms with Crippen molar-refractivity contribution in [3.8, 4) is 0 Å². The van der Waals surface area contributed by atoms with Crippen molar-refractivity contribution in [3.63, 3.8) is 0 Å². The van der Waals surface area contributed by atoms with E-state index in [1.165, 1.54) is 0 Å². The Kier molecular flexibility index (Phi) is 4.65. The molecule has 0 radical (unpaired) electrons. The average molecular weight is 367 g/mol. The first-order valence-electron chi connectivity index (χ1n) is 9.40. The molecule has 1 aliphatic heterocycles. The average Bonchev–Trinajstić information content (AvgIpc) is 3.25. The van der Waals surface area contributed by atoms with Crippen LogP contribution in [-0.2, 0) is 19.5 Å². The Hall–Kier alpha value is -2.74. The number of primary amides is 1. The maximum absolute atomic E-state index is 11.4. The Bertz CT molecular complexity index is 972. The van der Waals surface area contributed by atoms with Crippen LogP contribution in [0.4, 0.5) is 0 Å². The zero-order valence-corrected chi connectivity index (χ0v) is 15.7. The summed E-state index contributed by atoms with van der Waals surface area (Å²) in [6.45, 7) is 6.68. The number of pyridine rings is 1. The smallest absolute Gasteiger partial charge is 0.252 e. The number of nitrogens with two attached hydrogens (primary N) is 1. The van der Waals surface area contributed by atoms with Gasteiger partial charge in [-0.2, -0.15) is 10.2 Å². The van der Waals surface area contributed by atoms with Crippen LogP contribution in [-0.4, -0.2) is 37.0 Å². The van der Waals surface area contributed by atoms with E-state index in [1.807, 2.05) is 21.8 Å². The molecule has 27 heavy (non-hydrogen) atoms. The van der Waals surface area contributed by atoms with Crippen molar-refractivity contribution in [2.45, 2.75) is 45.8 Å². The van der Waals surface area contributed by atoms with Crippen molar-refractivity contribution in [2.75, 3.05) is 6.54 Å². The van der Waals surface area contributed by atoms with Crippen LogP contribution in [0.15, 0.2) is 24.7 Å². The van der Waals surface area contributed by atoms with Crippen LogP contribution in [0, 0.1) is 5.92 Å². The molecule has 0 spiro atoms. The van der Waals surface area contributed by atoms with E-state index in [4.69, 9.17) is 5.73 Å². The molecule has 0 aromatic carbocycles. The quantitative estimate of drug-likeness (QED) is 0.690. The predicted molar refractivity (Wildman–Crippen MR) is 102 cm³/mol. The van der Waals surface area contributed by atoms with Gasteiger partial charge in [-0.25, -0.2) is 9.67 Å². The van der Waals surface area contributed by atoms with Gasteiger partial charge in [-0.1, -0.05) is 0 Å². The summed E-state index contributed by atoms with van der Waals surface area (Å²) in [6.07, 6.45) is 7.25. The van der Waals surface area contributed by atoms with Crippen molar-refractivity contribution in [2.24, 2.45) is 11.7 Å². The standard InChI is InChI=1S/C19H25N7O/c1-12(2)26-19-15(9-24-26)5-14(8-22-19)7-21-6-13-3-4-17-16(18(20)27)10-23-25(17)11-13/h5,8-10,12-13,21H,3-4,6-7,11H2,1-2H3,(H2,20,27)/t13-/m1/s1. The van der Waals surface area contributed by atoms with Gasteiger partial charge < -0.3 is 11.1 Å². The summed E-state index contributed by atoms with van der Waals surface area (Å²) >= 11 is 0. The van der Waals surface area contributed by atoms with Crippen LogP contribution in [0.25, 0.3) is 11.0 Å². The second-order valence-corrected chi connectivity index (χ2v) is 7.53. The van der Waals surface area contributed by atoms with Gasteiger partial charge in [0, 0.05) is 37.3 Å². The van der Waals surface area contributed by atoms with Gasteiger partial charge in [0.1, 0.15) is 0 Å². The molecule has 0 unspecified atom stereocenters. The fraction of sp³-hybridized carbons (Fsp3) is 0.474. The van der Waals surface area contributed by atoms with E-state index in [2.05, 4.69) is 40.4 Å². The molecule has 3 N–H and O–H groups in total. The van der Waals surface area contributed by atoms with Gasteiger partial charge in [-0.3, -0.25) is 9.48 Å². The highest BCUT2D eigenvalue weighted by atomic mass is 16.1. The molecule has 1 aliphatic rings. The second-order valence-electron chi connectivity index (χ2n) is 7.53. The molecule has 3 aromatic heterocycles. The molecule has 1 amide bonds. The van der Waals surface area contributed by atoms with Crippen LogP contribution in [0.1, 0.15) is 47.9 Å². The Morgan fingerprint density at radius 1 is 1.33 bits per heavy atom. The summed E-state index contributed by atoms with van der Waals surface area (Å²) in [5, 5.41) is 13.3. The third-order valence-corrected chi connectivity index (χ3v) is 5.18. The highest BCUT2D eigenvalue weighted by Gasteiger charge is 2.23. The summed E-state index contributed by atoms with van der Waals surface area (Å²) < 4.78 is 3.86. The fourth-order valence-corrected chi connectivity index (χ4v) is 3.76. The van der Waals surface area contributed by atoms with Gasteiger partial charge in [-0.05, 0) is 44.2 Å². The molecule has 8 heteroatoms. The first kappa shape index (κ1) is 17.7. The molecule has 4 rings (SSSR count). The van der Waals surface area contributed by atoms with E-state index < -0.39 is 5.91 Å². The summed E-state index contributed by atoms with van der Waals surface area (Å²) in [6, 6.07) is 2.44. The molecule has 0 aliphatic carbocycles. The minimum Gasteiger partial charge on any atom is -0.365 e. The van der Waals surface area contributed by atoms with Crippen LogP contribution in [0.3, 0.4) is 0 Å². The van der Waals surface area contributed by atoms with Crippen LogP contribution >= 0.6 is 0 Å². The normalized spacial score (nSPS) is 16.8. The lowest BCUT2D eigenvalue weighted by atomic mass is 9.96. The topological polar surface area (TPSA) is 104 Å².